The molecule has 4 heteroatoms. The minimum absolute atomic E-state index is 0.152. The maximum absolute atomic E-state index is 11.5. The van der Waals surface area contributed by atoms with Crippen molar-refractivity contribution in [2.45, 2.75) is 4.90 Å². The summed E-state index contributed by atoms with van der Waals surface area (Å²) in [4.78, 5) is 12.4. The van der Waals surface area contributed by atoms with Crippen molar-refractivity contribution in [1.29, 1.82) is 5.26 Å². The Kier molecular flexibility index (Phi) is 2.25. The Morgan fingerprint density at radius 1 is 1.43 bits per heavy atom. The number of nitrogens with one attached hydrogen (secondary N) is 1. The Morgan fingerprint density at radius 3 is 3.00 bits per heavy atom. The molecule has 1 N–H and O–H groups in total. The van der Waals surface area contributed by atoms with Crippen LogP contribution in [0.1, 0.15) is 10.4 Å². The first kappa shape index (κ1) is 8.85. The van der Waals surface area contributed by atoms with E-state index in [-0.39, 0.29) is 5.91 Å². The third-order valence-corrected chi connectivity index (χ3v) is 2.80. The zero-order valence-electron chi connectivity index (χ0n) is 7.15. The highest BCUT2D eigenvalue weighted by Gasteiger charge is 2.19. The summed E-state index contributed by atoms with van der Waals surface area (Å²) >= 11 is 1.39. The predicted molar refractivity (Wildman–Crippen MR) is 53.5 cm³/mol. The second-order valence-corrected chi connectivity index (χ2v) is 3.77. The summed E-state index contributed by atoms with van der Waals surface area (Å²) in [6, 6.07) is 9.21. The fourth-order valence-electron chi connectivity index (χ4n) is 1.19. The van der Waals surface area contributed by atoms with Gasteiger partial charge in [0.1, 0.15) is 0 Å². The monoisotopic (exact) mass is 202 g/mol. The minimum Gasteiger partial charge on any atom is -0.316 e. The van der Waals surface area contributed by atoms with Gasteiger partial charge in [-0.05, 0) is 12.1 Å². The van der Waals surface area contributed by atoms with Crippen LogP contribution in [0.25, 0.3) is 0 Å². The van der Waals surface area contributed by atoms with Gasteiger partial charge >= 0.3 is 0 Å². The average Bonchev–Trinajstić information content (AvgIpc) is 2.18. The van der Waals surface area contributed by atoms with Crippen molar-refractivity contribution in [3.63, 3.8) is 0 Å². The van der Waals surface area contributed by atoms with Crippen molar-refractivity contribution in [2.75, 3.05) is 0 Å². The van der Waals surface area contributed by atoms with Crippen LogP contribution in [0.15, 0.2) is 40.3 Å². The van der Waals surface area contributed by atoms with Crippen LogP contribution >= 0.6 is 11.8 Å². The molecule has 0 aliphatic carbocycles. The van der Waals surface area contributed by atoms with Crippen molar-refractivity contribution in [3.8, 4) is 6.07 Å². The van der Waals surface area contributed by atoms with Crippen LogP contribution in [-0.4, -0.2) is 5.91 Å². The molecule has 68 valence electrons. The molecule has 1 heterocycles. The molecule has 3 nitrogen and oxygen atoms in total. The van der Waals surface area contributed by atoms with Gasteiger partial charge in [0.25, 0.3) is 5.91 Å². The van der Waals surface area contributed by atoms with E-state index < -0.39 is 0 Å². The van der Waals surface area contributed by atoms with Gasteiger partial charge in [0.2, 0.25) is 0 Å². The molecule has 1 amide bonds. The molecule has 0 radical (unpaired) electrons. The molecular weight excluding hydrogens is 196 g/mol. The number of nitriles is 1. The highest BCUT2D eigenvalue weighted by atomic mass is 32.2. The van der Waals surface area contributed by atoms with Crippen LogP contribution < -0.4 is 5.32 Å². The van der Waals surface area contributed by atoms with E-state index >= 15 is 0 Å². The van der Waals surface area contributed by atoms with Gasteiger partial charge in [-0.2, -0.15) is 5.26 Å². The normalized spacial score (nSPS) is 17.1. The molecule has 1 aromatic rings. The van der Waals surface area contributed by atoms with Crippen LogP contribution in [-0.2, 0) is 0 Å². The Labute approximate surface area is 85.4 Å². The smallest absolute Gasteiger partial charge is 0.257 e. The number of fused-ring (bicyclic) bond motifs is 1. The molecule has 14 heavy (non-hydrogen) atoms. The molecule has 0 saturated heterocycles. The van der Waals surface area contributed by atoms with E-state index in [9.17, 15) is 4.79 Å². The summed E-state index contributed by atoms with van der Waals surface area (Å²) < 4.78 is 0. The van der Waals surface area contributed by atoms with E-state index in [4.69, 9.17) is 5.26 Å². The predicted octanol–water partition coefficient (Wildman–Crippen LogP) is 1.89. The fraction of sp³-hybridized carbons (Fsp3) is 0. The van der Waals surface area contributed by atoms with Gasteiger partial charge in [0, 0.05) is 11.0 Å². The van der Waals surface area contributed by atoms with Gasteiger partial charge in [-0.15, -0.1) is 0 Å². The van der Waals surface area contributed by atoms with Crippen molar-refractivity contribution < 1.29 is 4.79 Å². The van der Waals surface area contributed by atoms with E-state index in [0.717, 1.165) is 4.90 Å². The number of carbonyl (C=O) groups excluding carboxylic acids is 1. The molecule has 0 aromatic heterocycles. The lowest BCUT2D eigenvalue weighted by Crippen LogP contribution is -2.25. The molecule has 1 aliphatic rings. The Balaban J connectivity index is 2.44. The minimum atomic E-state index is -0.152. The lowest BCUT2D eigenvalue weighted by Gasteiger charge is -2.17. The summed E-state index contributed by atoms with van der Waals surface area (Å²) in [6.45, 7) is 0. The van der Waals surface area contributed by atoms with Crippen molar-refractivity contribution >= 4 is 17.7 Å². The van der Waals surface area contributed by atoms with Gasteiger partial charge < -0.3 is 5.32 Å². The average molecular weight is 202 g/mol. The van der Waals surface area contributed by atoms with Gasteiger partial charge in [-0.3, -0.25) is 4.79 Å². The lowest BCUT2D eigenvalue weighted by molar-refractivity contribution is 0.0964. The number of rotatable bonds is 0. The summed E-state index contributed by atoms with van der Waals surface area (Å²) in [7, 11) is 0. The van der Waals surface area contributed by atoms with Crippen molar-refractivity contribution in [2.24, 2.45) is 0 Å². The third-order valence-electron chi connectivity index (χ3n) is 1.78. The van der Waals surface area contributed by atoms with E-state index in [1.165, 1.54) is 17.8 Å². The van der Waals surface area contributed by atoms with Crippen LogP contribution in [0.2, 0.25) is 0 Å². The van der Waals surface area contributed by atoms with Gasteiger partial charge in [-0.1, -0.05) is 23.9 Å². The zero-order chi connectivity index (χ0) is 9.97. The van der Waals surface area contributed by atoms with Gasteiger partial charge in [0.15, 0.2) is 0 Å². The van der Waals surface area contributed by atoms with Crippen LogP contribution in [0.5, 0.6) is 0 Å². The highest BCUT2D eigenvalue weighted by Crippen LogP contribution is 2.31. The number of benzene rings is 1. The molecule has 0 saturated carbocycles. The molecule has 0 unspecified atom stereocenters. The van der Waals surface area contributed by atoms with E-state index in [1.807, 2.05) is 24.3 Å². The number of carbonyl (C=O) groups is 1. The Hall–Kier alpha value is -1.73. The Morgan fingerprint density at radius 2 is 2.21 bits per heavy atom. The molecular formula is C10H6N2OS. The first-order valence-corrected chi connectivity index (χ1v) is 4.81. The number of thioether (sulfide) groups is 1. The van der Waals surface area contributed by atoms with Crippen LogP contribution in [0, 0.1) is 11.3 Å². The first-order chi connectivity index (χ1) is 6.81. The number of allylic oxidation sites excluding steroid dienone is 1. The second-order valence-electron chi connectivity index (χ2n) is 2.69. The highest BCUT2D eigenvalue weighted by molar-refractivity contribution is 8.03. The molecule has 1 aliphatic heterocycles. The summed E-state index contributed by atoms with van der Waals surface area (Å²) in [6.07, 6.45) is 1.33. The maximum atomic E-state index is 11.5. The van der Waals surface area contributed by atoms with Crippen molar-refractivity contribution in [3.05, 3.63) is 40.9 Å². The van der Waals surface area contributed by atoms with Crippen LogP contribution in [0.4, 0.5) is 0 Å². The molecule has 0 atom stereocenters. The first-order valence-electron chi connectivity index (χ1n) is 3.99. The molecule has 0 bridgehead atoms. The maximum Gasteiger partial charge on any atom is 0.257 e. The SMILES string of the molecule is N#C/C=C1\NC(=O)c2ccccc2S1. The molecule has 1 aromatic carbocycles. The summed E-state index contributed by atoms with van der Waals surface area (Å²) in [5.41, 5.74) is 0.660. The second kappa shape index (κ2) is 3.56. The quantitative estimate of drug-likeness (QED) is 0.653. The van der Waals surface area contributed by atoms with Gasteiger partial charge in [0.05, 0.1) is 16.7 Å². The largest absolute Gasteiger partial charge is 0.316 e. The van der Waals surface area contributed by atoms with E-state index in [2.05, 4.69) is 5.32 Å². The number of hydrogen-bond donors (Lipinski definition) is 1. The number of nitrogens with zero attached hydrogens (tertiary/aromatic N) is 1. The van der Waals surface area contributed by atoms with Gasteiger partial charge in [-0.25, -0.2) is 0 Å². The topological polar surface area (TPSA) is 52.9 Å². The number of hydrogen-bond acceptors (Lipinski definition) is 3. The molecule has 0 fully saturated rings. The molecule has 2 rings (SSSR count). The fourth-order valence-corrected chi connectivity index (χ4v) is 2.10. The van der Waals surface area contributed by atoms with Crippen LogP contribution in [0.3, 0.4) is 0 Å². The van der Waals surface area contributed by atoms with Crippen molar-refractivity contribution in [1.82, 2.24) is 5.32 Å². The van der Waals surface area contributed by atoms with E-state index in [0.29, 0.717) is 10.6 Å². The summed E-state index contributed by atoms with van der Waals surface area (Å²) in [5, 5.41) is 11.7. The van der Waals surface area contributed by atoms with E-state index in [1.54, 1.807) is 6.07 Å². The number of amides is 1. The molecule has 0 spiro atoms. The third kappa shape index (κ3) is 1.50. The standard InChI is InChI=1S/C10H6N2OS/c11-6-5-9-12-10(13)7-3-1-2-4-8(7)14-9/h1-5H,(H,12,13)/b9-5+. The zero-order valence-corrected chi connectivity index (χ0v) is 7.97. The lowest BCUT2D eigenvalue weighted by atomic mass is 10.2. The summed E-state index contributed by atoms with van der Waals surface area (Å²) in [5.74, 6) is -0.152. The Bertz CT molecular complexity index is 459.